The molecule has 1 aliphatic heterocycles. The number of hydrogen-bond acceptors (Lipinski definition) is 4. The maximum absolute atomic E-state index is 13.1. The second kappa shape index (κ2) is 8.13. The first-order valence-electron chi connectivity index (χ1n) is 11.4. The van der Waals surface area contributed by atoms with E-state index >= 15 is 0 Å². The predicted molar refractivity (Wildman–Crippen MR) is 113 cm³/mol. The summed E-state index contributed by atoms with van der Waals surface area (Å²) >= 11 is 0. The van der Waals surface area contributed by atoms with Crippen LogP contribution >= 0.6 is 0 Å². The molecule has 2 aromatic rings. The van der Waals surface area contributed by atoms with Gasteiger partial charge < -0.3 is 20.8 Å². The van der Waals surface area contributed by atoms with Crippen molar-refractivity contribution in [2.24, 2.45) is 17.6 Å². The summed E-state index contributed by atoms with van der Waals surface area (Å²) in [5.74, 6) is -1.83. The molecule has 2 saturated carbocycles. The van der Waals surface area contributed by atoms with Gasteiger partial charge in [0, 0.05) is 25.9 Å². The second-order valence-corrected chi connectivity index (χ2v) is 9.55. The Morgan fingerprint density at radius 1 is 1.29 bits per heavy atom. The number of H-pyrrole nitrogens is 1. The minimum Gasteiger partial charge on any atom is -0.376 e. The summed E-state index contributed by atoms with van der Waals surface area (Å²) in [5.41, 5.74) is 9.15. The van der Waals surface area contributed by atoms with Crippen LogP contribution in [-0.2, 0) is 9.53 Å². The van der Waals surface area contributed by atoms with Crippen molar-refractivity contribution in [3.8, 4) is 0 Å². The fourth-order valence-corrected chi connectivity index (χ4v) is 4.95. The Morgan fingerprint density at radius 2 is 2.10 bits per heavy atom. The van der Waals surface area contributed by atoms with Gasteiger partial charge in [-0.2, -0.15) is 0 Å². The molecule has 0 radical (unpaired) electrons. The third-order valence-electron chi connectivity index (χ3n) is 6.87. The molecular formula is C23H30F2N4O2. The van der Waals surface area contributed by atoms with Gasteiger partial charge in [0.2, 0.25) is 11.8 Å². The zero-order valence-electron chi connectivity index (χ0n) is 17.6. The number of imidazole rings is 1. The fourth-order valence-electron chi connectivity index (χ4n) is 4.95. The summed E-state index contributed by atoms with van der Waals surface area (Å²) in [6.45, 7) is 0.740. The van der Waals surface area contributed by atoms with Crippen molar-refractivity contribution in [1.29, 1.82) is 0 Å². The molecule has 1 unspecified atom stereocenters. The first-order chi connectivity index (χ1) is 14.9. The minimum absolute atomic E-state index is 0.0221. The number of aromatic amines is 1. The smallest absolute Gasteiger partial charge is 0.248 e. The molecule has 1 aromatic heterocycles. The quantitative estimate of drug-likeness (QED) is 0.613. The highest BCUT2D eigenvalue weighted by molar-refractivity contribution is 5.78. The molecule has 3 fully saturated rings. The highest BCUT2D eigenvalue weighted by Crippen LogP contribution is 2.45. The largest absolute Gasteiger partial charge is 0.376 e. The molecule has 1 amide bonds. The molecule has 0 spiro atoms. The number of nitrogens with zero attached hydrogens (tertiary/aromatic N) is 1. The van der Waals surface area contributed by atoms with E-state index in [2.05, 4.69) is 15.3 Å². The van der Waals surface area contributed by atoms with Gasteiger partial charge in [-0.3, -0.25) is 4.79 Å². The van der Waals surface area contributed by atoms with Crippen LogP contribution in [0.15, 0.2) is 18.2 Å². The van der Waals surface area contributed by atoms with E-state index < -0.39 is 5.92 Å². The summed E-state index contributed by atoms with van der Waals surface area (Å²) in [6, 6.07) is 5.58. The number of nitrogens with two attached hydrogens (primary N) is 1. The van der Waals surface area contributed by atoms with Crippen molar-refractivity contribution in [3.05, 3.63) is 29.6 Å². The maximum atomic E-state index is 13.1. The van der Waals surface area contributed by atoms with Crippen molar-refractivity contribution in [3.63, 3.8) is 0 Å². The fraction of sp³-hybridized carbons (Fsp3) is 0.652. The van der Waals surface area contributed by atoms with Crippen molar-refractivity contribution in [2.45, 2.75) is 75.5 Å². The first kappa shape index (κ1) is 20.8. The van der Waals surface area contributed by atoms with Gasteiger partial charge in [0.25, 0.3) is 0 Å². The van der Waals surface area contributed by atoms with Gasteiger partial charge in [-0.05, 0) is 61.6 Å². The van der Waals surface area contributed by atoms with Crippen LogP contribution in [0, 0.1) is 11.8 Å². The van der Waals surface area contributed by atoms with Crippen LogP contribution in [0.5, 0.6) is 0 Å². The third-order valence-corrected chi connectivity index (χ3v) is 6.87. The highest BCUT2D eigenvalue weighted by Gasteiger charge is 2.46. The third kappa shape index (κ3) is 4.60. The van der Waals surface area contributed by atoms with E-state index in [9.17, 15) is 13.6 Å². The Bertz CT molecular complexity index is 944. The Morgan fingerprint density at radius 3 is 2.77 bits per heavy atom. The van der Waals surface area contributed by atoms with Gasteiger partial charge in [0.1, 0.15) is 5.82 Å². The van der Waals surface area contributed by atoms with Crippen molar-refractivity contribution < 1.29 is 18.3 Å². The van der Waals surface area contributed by atoms with Crippen LogP contribution in [0.4, 0.5) is 8.78 Å². The zero-order chi connectivity index (χ0) is 21.6. The summed E-state index contributed by atoms with van der Waals surface area (Å²) < 4.78 is 32.0. The lowest BCUT2D eigenvalue weighted by Crippen LogP contribution is -2.39. The van der Waals surface area contributed by atoms with Gasteiger partial charge >= 0.3 is 0 Å². The van der Waals surface area contributed by atoms with Gasteiger partial charge in [-0.15, -0.1) is 0 Å². The van der Waals surface area contributed by atoms with Gasteiger partial charge in [0.15, 0.2) is 0 Å². The average Bonchev–Trinajstić information content (AvgIpc) is 3.48. The summed E-state index contributed by atoms with van der Waals surface area (Å²) in [4.78, 5) is 20.5. The number of halogens is 2. The highest BCUT2D eigenvalue weighted by atomic mass is 19.3. The minimum atomic E-state index is -2.59. The Balaban J connectivity index is 1.29. The number of amides is 1. The lowest BCUT2D eigenvalue weighted by atomic mass is 9.79. The number of fused-ring (bicyclic) bond motifs is 1. The number of hydrogen-bond donors (Lipinski definition) is 3. The summed E-state index contributed by atoms with van der Waals surface area (Å²) in [5, 5.41) is 3.10. The number of carbonyl (C=O) groups is 1. The molecule has 4 N–H and O–H groups in total. The molecule has 5 rings (SSSR count). The van der Waals surface area contributed by atoms with Crippen LogP contribution < -0.4 is 11.1 Å². The number of alkyl halides is 2. The number of nitrogens with one attached hydrogen (secondary N) is 2. The molecule has 168 valence electrons. The van der Waals surface area contributed by atoms with Crippen molar-refractivity contribution in [1.82, 2.24) is 15.3 Å². The van der Waals surface area contributed by atoms with Crippen LogP contribution in [0.2, 0.25) is 0 Å². The first-order valence-corrected chi connectivity index (χ1v) is 11.4. The molecule has 1 aromatic carbocycles. The molecule has 6 nitrogen and oxygen atoms in total. The van der Waals surface area contributed by atoms with Gasteiger partial charge in [0.05, 0.1) is 29.2 Å². The van der Waals surface area contributed by atoms with Gasteiger partial charge in [-0.1, -0.05) is 6.07 Å². The molecule has 31 heavy (non-hydrogen) atoms. The topological polar surface area (TPSA) is 93.0 Å². The summed E-state index contributed by atoms with van der Waals surface area (Å²) in [6.07, 6.45) is 5.04. The molecule has 8 heteroatoms. The van der Waals surface area contributed by atoms with Crippen LogP contribution in [0.25, 0.3) is 11.0 Å². The molecule has 2 heterocycles. The van der Waals surface area contributed by atoms with Crippen LogP contribution in [0.1, 0.15) is 74.8 Å². The van der Waals surface area contributed by atoms with E-state index in [-0.39, 0.29) is 49.3 Å². The monoisotopic (exact) mass is 432 g/mol. The molecule has 2 aliphatic carbocycles. The molecular weight excluding hydrogens is 402 g/mol. The Hall–Kier alpha value is -2.06. The number of aromatic nitrogens is 2. The van der Waals surface area contributed by atoms with Crippen LogP contribution in [0.3, 0.4) is 0 Å². The predicted octanol–water partition coefficient (Wildman–Crippen LogP) is 4.13. The van der Waals surface area contributed by atoms with Crippen molar-refractivity contribution in [2.75, 3.05) is 6.61 Å². The van der Waals surface area contributed by atoms with E-state index in [1.165, 1.54) is 0 Å². The Labute approximate surface area is 180 Å². The standard InChI is InChI=1S/C23H30F2N4O2/c24-23(25)11-13(12-23)9-19(30)29-21(14-4-5-14)15-6-7-16-17(10-15)28-22(27-16)20(26)18-3-1-2-8-31-18/h6-7,10,13-14,18,20-21H,1-5,8-9,11-12,26H2,(H,27,28)(H,29,30)/t18-,20?,21-/m1/s1. The normalized spacial score (nSPS) is 25.7. The lowest BCUT2D eigenvalue weighted by Gasteiger charge is -2.34. The van der Waals surface area contributed by atoms with Crippen molar-refractivity contribution >= 4 is 16.9 Å². The number of ether oxygens (including phenoxy) is 1. The number of carbonyl (C=O) groups excluding carboxylic acids is 1. The van der Waals surface area contributed by atoms with E-state index in [0.29, 0.717) is 5.92 Å². The van der Waals surface area contributed by atoms with E-state index in [0.717, 1.165) is 61.1 Å². The molecule has 3 aliphatic rings. The van der Waals surface area contributed by atoms with E-state index in [1.807, 2.05) is 18.2 Å². The molecule has 3 atom stereocenters. The SMILES string of the molecule is NC(c1nc2ccc([C@H](NC(=O)CC3CC(F)(F)C3)C3CC3)cc2[nH]1)[C@H]1CCCCO1. The number of rotatable bonds is 7. The second-order valence-electron chi connectivity index (χ2n) is 9.55. The van der Waals surface area contributed by atoms with E-state index in [4.69, 9.17) is 10.5 Å². The number of benzene rings is 1. The maximum Gasteiger partial charge on any atom is 0.248 e. The van der Waals surface area contributed by atoms with E-state index in [1.54, 1.807) is 0 Å². The van der Waals surface area contributed by atoms with Crippen LogP contribution in [-0.4, -0.2) is 34.5 Å². The Kier molecular flexibility index (Phi) is 5.46. The average molecular weight is 433 g/mol. The lowest BCUT2D eigenvalue weighted by molar-refractivity contribution is -0.134. The summed E-state index contributed by atoms with van der Waals surface area (Å²) in [7, 11) is 0. The zero-order valence-corrected chi connectivity index (χ0v) is 17.6. The molecule has 0 bridgehead atoms. The van der Waals surface area contributed by atoms with Gasteiger partial charge in [-0.25, -0.2) is 13.8 Å². The molecule has 1 saturated heterocycles.